The lowest BCUT2D eigenvalue weighted by molar-refractivity contribution is -0.123. The van der Waals surface area contributed by atoms with Gasteiger partial charge in [0.15, 0.2) is 6.61 Å². The lowest BCUT2D eigenvalue weighted by atomic mass is 9.95. The Morgan fingerprint density at radius 1 is 1.36 bits per heavy atom. The van der Waals surface area contributed by atoms with Crippen LogP contribution in [0.1, 0.15) is 44.4 Å². The summed E-state index contributed by atoms with van der Waals surface area (Å²) < 4.78 is 11.1. The lowest BCUT2D eigenvalue weighted by Gasteiger charge is -2.18. The number of rotatable bonds is 8. The van der Waals surface area contributed by atoms with E-state index < -0.39 is 0 Å². The van der Waals surface area contributed by atoms with E-state index in [-0.39, 0.29) is 18.6 Å². The van der Waals surface area contributed by atoms with Crippen molar-refractivity contribution in [2.24, 2.45) is 0 Å². The normalized spacial score (nSPS) is 13.8. The Hall–Kier alpha value is -1.62. The second-order valence-corrected chi connectivity index (χ2v) is 5.85. The monoisotopic (exact) mass is 306 g/mol. The van der Waals surface area contributed by atoms with E-state index in [1.165, 1.54) is 12.0 Å². The summed E-state index contributed by atoms with van der Waals surface area (Å²) in [5, 5.41) is 2.85. The van der Waals surface area contributed by atoms with Gasteiger partial charge in [0.25, 0.3) is 5.91 Å². The highest BCUT2D eigenvalue weighted by Gasteiger charge is 2.15. The van der Waals surface area contributed by atoms with Gasteiger partial charge in [0.2, 0.25) is 0 Å². The second-order valence-electron chi connectivity index (χ2n) is 5.85. The van der Waals surface area contributed by atoms with Crippen LogP contribution in [0.25, 0.3) is 0 Å². The van der Waals surface area contributed by atoms with Crippen molar-refractivity contribution >= 4 is 5.91 Å². The van der Waals surface area contributed by atoms with Gasteiger partial charge in [0, 0.05) is 30.6 Å². The summed E-state index contributed by atoms with van der Waals surface area (Å²) in [4.78, 5) is 16.2. The Balaban J connectivity index is 1.70. The molecule has 0 atom stereocenters. The molecule has 1 heterocycles. The number of carbonyl (C=O) groups excluding carboxylic acids is 1. The highest BCUT2D eigenvalue weighted by molar-refractivity contribution is 5.77. The molecular formula is C17H26N2O3. The van der Waals surface area contributed by atoms with Gasteiger partial charge in [-0.3, -0.25) is 9.78 Å². The molecule has 1 aliphatic rings. The van der Waals surface area contributed by atoms with E-state index >= 15 is 0 Å². The first-order valence-corrected chi connectivity index (χ1v) is 8.14. The van der Waals surface area contributed by atoms with Gasteiger partial charge in [0.1, 0.15) is 5.75 Å². The van der Waals surface area contributed by atoms with E-state index in [2.05, 4.69) is 10.3 Å². The minimum atomic E-state index is -0.0917. The third-order valence-electron chi connectivity index (χ3n) is 3.65. The number of fused-ring (bicyclic) bond motifs is 1. The minimum Gasteiger partial charge on any atom is -0.483 e. The second kappa shape index (κ2) is 8.73. The number of carbonyl (C=O) groups is 1. The number of amides is 1. The van der Waals surface area contributed by atoms with E-state index in [1.54, 1.807) is 6.20 Å². The molecule has 0 spiro atoms. The van der Waals surface area contributed by atoms with Crippen molar-refractivity contribution in [2.75, 3.05) is 19.8 Å². The molecule has 1 aromatic rings. The third-order valence-corrected chi connectivity index (χ3v) is 3.65. The Labute approximate surface area is 132 Å². The molecule has 0 unspecified atom stereocenters. The molecule has 1 aliphatic carbocycles. The quantitative estimate of drug-likeness (QED) is 0.749. The van der Waals surface area contributed by atoms with Crippen molar-refractivity contribution in [3.63, 3.8) is 0 Å². The molecule has 0 aliphatic heterocycles. The number of aromatic nitrogens is 1. The molecule has 22 heavy (non-hydrogen) atoms. The summed E-state index contributed by atoms with van der Waals surface area (Å²) >= 11 is 0. The molecular weight excluding hydrogens is 280 g/mol. The van der Waals surface area contributed by atoms with Gasteiger partial charge in [-0.1, -0.05) is 0 Å². The lowest BCUT2D eigenvalue weighted by Crippen LogP contribution is -2.30. The molecule has 0 saturated heterocycles. The number of hydrogen-bond acceptors (Lipinski definition) is 4. The summed E-state index contributed by atoms with van der Waals surface area (Å²) in [5.74, 6) is 0.717. The van der Waals surface area contributed by atoms with Crippen molar-refractivity contribution in [3.05, 3.63) is 23.5 Å². The average molecular weight is 306 g/mol. The van der Waals surface area contributed by atoms with E-state index in [4.69, 9.17) is 9.47 Å². The van der Waals surface area contributed by atoms with Crippen molar-refractivity contribution in [2.45, 2.75) is 52.1 Å². The first-order valence-electron chi connectivity index (χ1n) is 8.14. The first kappa shape index (κ1) is 16.7. The summed E-state index contributed by atoms with van der Waals surface area (Å²) in [7, 11) is 0. The number of nitrogens with zero attached hydrogens (tertiary/aromatic N) is 1. The zero-order valence-corrected chi connectivity index (χ0v) is 13.6. The van der Waals surface area contributed by atoms with Crippen LogP contribution in [0.15, 0.2) is 12.3 Å². The van der Waals surface area contributed by atoms with E-state index in [1.807, 2.05) is 19.9 Å². The van der Waals surface area contributed by atoms with Gasteiger partial charge >= 0.3 is 0 Å². The fourth-order valence-corrected chi connectivity index (χ4v) is 2.54. The number of ether oxygens (including phenoxy) is 2. The molecule has 0 bridgehead atoms. The summed E-state index contributed by atoms with van der Waals surface area (Å²) in [5.41, 5.74) is 2.29. The molecule has 0 fully saturated rings. The number of nitrogens with one attached hydrogen (secondary N) is 1. The maximum atomic E-state index is 11.8. The van der Waals surface area contributed by atoms with Crippen LogP contribution in [0.5, 0.6) is 5.75 Å². The van der Waals surface area contributed by atoms with Gasteiger partial charge < -0.3 is 14.8 Å². The van der Waals surface area contributed by atoms with Crippen molar-refractivity contribution < 1.29 is 14.3 Å². The van der Waals surface area contributed by atoms with Crippen molar-refractivity contribution in [3.8, 4) is 5.75 Å². The SMILES string of the molecule is CC(C)OCCCNC(=O)COc1ccnc2c1CCCC2. The topological polar surface area (TPSA) is 60.5 Å². The number of aryl methyl sites for hydroxylation is 1. The Kier molecular flexibility index (Phi) is 6.65. The Bertz CT molecular complexity index is 489. The van der Waals surface area contributed by atoms with Crippen LogP contribution in [0.3, 0.4) is 0 Å². The molecule has 1 amide bonds. The number of hydrogen-bond donors (Lipinski definition) is 1. The van der Waals surface area contributed by atoms with Crippen LogP contribution < -0.4 is 10.1 Å². The van der Waals surface area contributed by atoms with E-state index in [0.717, 1.165) is 37.1 Å². The zero-order chi connectivity index (χ0) is 15.8. The molecule has 0 saturated carbocycles. The summed E-state index contributed by atoms with van der Waals surface area (Å²) in [6.07, 6.45) is 7.16. The number of pyridine rings is 1. The molecule has 0 aromatic carbocycles. The fraction of sp³-hybridized carbons (Fsp3) is 0.647. The van der Waals surface area contributed by atoms with Crippen LogP contribution in [-0.4, -0.2) is 36.8 Å². The third kappa shape index (κ3) is 5.30. The Morgan fingerprint density at radius 2 is 2.18 bits per heavy atom. The van der Waals surface area contributed by atoms with Crippen molar-refractivity contribution in [1.82, 2.24) is 10.3 Å². The predicted molar refractivity (Wildman–Crippen MR) is 85.1 cm³/mol. The average Bonchev–Trinajstić information content (AvgIpc) is 2.52. The fourth-order valence-electron chi connectivity index (χ4n) is 2.54. The predicted octanol–water partition coefficient (Wildman–Crippen LogP) is 2.27. The molecule has 5 heteroatoms. The minimum absolute atomic E-state index is 0.0570. The standard InChI is InChI=1S/C17H26N2O3/c1-13(2)21-11-5-9-19-17(20)12-22-16-8-10-18-15-7-4-3-6-14(15)16/h8,10,13H,3-7,9,11-12H2,1-2H3,(H,19,20). The molecule has 0 radical (unpaired) electrons. The summed E-state index contributed by atoms with van der Waals surface area (Å²) in [6, 6.07) is 1.86. The van der Waals surface area contributed by atoms with E-state index in [0.29, 0.717) is 13.2 Å². The maximum Gasteiger partial charge on any atom is 0.257 e. The molecule has 2 rings (SSSR count). The van der Waals surface area contributed by atoms with Crippen LogP contribution in [0.2, 0.25) is 0 Å². The zero-order valence-electron chi connectivity index (χ0n) is 13.6. The molecule has 1 N–H and O–H groups in total. The van der Waals surface area contributed by atoms with Crippen LogP contribution in [0, 0.1) is 0 Å². The molecule has 5 nitrogen and oxygen atoms in total. The van der Waals surface area contributed by atoms with E-state index in [9.17, 15) is 4.79 Å². The maximum absolute atomic E-state index is 11.8. The highest BCUT2D eigenvalue weighted by atomic mass is 16.5. The van der Waals surface area contributed by atoms with Gasteiger partial charge in [-0.15, -0.1) is 0 Å². The smallest absolute Gasteiger partial charge is 0.257 e. The largest absolute Gasteiger partial charge is 0.483 e. The van der Waals surface area contributed by atoms with Crippen LogP contribution >= 0.6 is 0 Å². The highest BCUT2D eigenvalue weighted by Crippen LogP contribution is 2.27. The van der Waals surface area contributed by atoms with Crippen LogP contribution in [0.4, 0.5) is 0 Å². The molecule has 122 valence electrons. The van der Waals surface area contributed by atoms with Crippen LogP contribution in [-0.2, 0) is 22.4 Å². The van der Waals surface area contributed by atoms with Gasteiger partial charge in [-0.05, 0) is 52.0 Å². The first-order chi connectivity index (χ1) is 10.7. The van der Waals surface area contributed by atoms with Gasteiger partial charge in [0.05, 0.1) is 6.10 Å². The van der Waals surface area contributed by atoms with Gasteiger partial charge in [-0.2, -0.15) is 0 Å². The van der Waals surface area contributed by atoms with Crippen molar-refractivity contribution in [1.29, 1.82) is 0 Å². The Morgan fingerprint density at radius 3 is 3.00 bits per heavy atom. The molecule has 1 aromatic heterocycles. The van der Waals surface area contributed by atoms with Gasteiger partial charge in [-0.25, -0.2) is 0 Å². The summed E-state index contributed by atoms with van der Waals surface area (Å²) in [6.45, 7) is 5.34.